The number of carboxylic acids is 1. The van der Waals surface area contributed by atoms with Crippen molar-refractivity contribution in [2.24, 2.45) is 7.05 Å². The maximum Gasteiger partial charge on any atom is 0.356 e. The lowest BCUT2D eigenvalue weighted by Crippen LogP contribution is -2.11. The Labute approximate surface area is 100 Å². The van der Waals surface area contributed by atoms with Gasteiger partial charge in [-0.1, -0.05) is 0 Å². The smallest absolute Gasteiger partial charge is 0.356 e. The van der Waals surface area contributed by atoms with Gasteiger partial charge in [0.15, 0.2) is 0 Å². The summed E-state index contributed by atoms with van der Waals surface area (Å²) in [5, 5.41) is 7.42. The molecule has 0 spiro atoms. The van der Waals surface area contributed by atoms with E-state index in [2.05, 4.69) is 4.98 Å². The molecule has 1 heterocycles. The molecule has 0 saturated heterocycles. The summed E-state index contributed by atoms with van der Waals surface area (Å²) in [6, 6.07) is 0. The number of aliphatic carboxylic acids is 1. The minimum absolute atomic E-state index is 0.303. The van der Waals surface area contributed by atoms with Gasteiger partial charge in [-0.05, 0) is 20.8 Å². The van der Waals surface area contributed by atoms with E-state index < -0.39 is 5.97 Å². The van der Waals surface area contributed by atoms with E-state index in [-0.39, 0.29) is 5.97 Å². The Kier molecular flexibility index (Phi) is 5.95. The van der Waals surface area contributed by atoms with Crippen LogP contribution in [0.3, 0.4) is 0 Å². The van der Waals surface area contributed by atoms with Crippen LogP contribution in [0, 0.1) is 13.8 Å². The lowest BCUT2D eigenvalue weighted by atomic mass is 10.3. The summed E-state index contributed by atoms with van der Waals surface area (Å²) < 4.78 is 6.65. The van der Waals surface area contributed by atoms with E-state index in [4.69, 9.17) is 14.6 Å². The quantitative estimate of drug-likeness (QED) is 0.790. The number of rotatable bonds is 2. The predicted octanol–water partition coefficient (Wildman–Crippen LogP) is 1.30. The molecule has 0 atom stereocenters. The first-order valence-electron chi connectivity index (χ1n) is 5.17. The number of carbonyl (C=O) groups is 2. The molecule has 0 saturated carbocycles. The predicted molar refractivity (Wildman–Crippen MR) is 61.9 cm³/mol. The average molecular weight is 242 g/mol. The molecule has 1 aromatic heterocycles. The summed E-state index contributed by atoms with van der Waals surface area (Å²) in [5.41, 5.74) is 1.26. The van der Waals surface area contributed by atoms with Gasteiger partial charge in [0.1, 0.15) is 11.5 Å². The molecule has 0 aromatic carbocycles. The highest BCUT2D eigenvalue weighted by Crippen LogP contribution is 2.09. The Hall–Kier alpha value is -1.85. The first-order valence-corrected chi connectivity index (χ1v) is 5.17. The first kappa shape index (κ1) is 15.2. The van der Waals surface area contributed by atoms with Crippen LogP contribution in [0.2, 0.25) is 0 Å². The van der Waals surface area contributed by atoms with E-state index in [1.165, 1.54) is 0 Å². The van der Waals surface area contributed by atoms with Crippen molar-refractivity contribution in [3.05, 3.63) is 17.2 Å². The first-order chi connectivity index (χ1) is 7.81. The van der Waals surface area contributed by atoms with Crippen LogP contribution in [0.5, 0.6) is 0 Å². The number of esters is 1. The van der Waals surface area contributed by atoms with Crippen molar-refractivity contribution in [1.82, 2.24) is 9.55 Å². The Morgan fingerprint density at radius 1 is 1.41 bits per heavy atom. The van der Waals surface area contributed by atoms with Crippen molar-refractivity contribution in [1.29, 1.82) is 0 Å². The van der Waals surface area contributed by atoms with Gasteiger partial charge in [-0.25, -0.2) is 9.78 Å². The van der Waals surface area contributed by atoms with Crippen LogP contribution in [0.4, 0.5) is 0 Å². The Morgan fingerprint density at radius 3 is 2.18 bits per heavy atom. The minimum atomic E-state index is -0.833. The van der Waals surface area contributed by atoms with Crippen molar-refractivity contribution in [2.75, 3.05) is 6.61 Å². The zero-order valence-electron chi connectivity index (χ0n) is 10.8. The van der Waals surface area contributed by atoms with Gasteiger partial charge < -0.3 is 14.4 Å². The summed E-state index contributed by atoms with van der Waals surface area (Å²) >= 11 is 0. The van der Waals surface area contributed by atoms with Crippen LogP contribution in [-0.4, -0.2) is 33.2 Å². The number of carbonyl (C=O) groups excluding carboxylic acids is 1. The molecule has 1 aromatic rings. The number of aryl methyl sites for hydroxylation is 2. The second-order valence-electron chi connectivity index (χ2n) is 3.39. The molecule has 0 unspecified atom stereocenters. The maximum atomic E-state index is 11.4. The molecular weight excluding hydrogens is 224 g/mol. The molecule has 0 aliphatic heterocycles. The van der Waals surface area contributed by atoms with E-state index in [1.54, 1.807) is 18.4 Å². The summed E-state index contributed by atoms with van der Waals surface area (Å²) in [4.78, 5) is 24.6. The Morgan fingerprint density at radius 2 is 1.88 bits per heavy atom. The fourth-order valence-corrected chi connectivity index (χ4v) is 1.26. The second kappa shape index (κ2) is 6.67. The molecule has 0 amide bonds. The lowest BCUT2D eigenvalue weighted by Gasteiger charge is -2.03. The molecule has 1 N–H and O–H groups in total. The summed E-state index contributed by atoms with van der Waals surface area (Å²) in [7, 11) is 1.81. The van der Waals surface area contributed by atoms with Crippen molar-refractivity contribution in [3.63, 3.8) is 0 Å². The number of imidazole rings is 1. The molecular formula is C11H18N2O4. The highest BCUT2D eigenvalue weighted by atomic mass is 16.5. The molecule has 0 bridgehead atoms. The third kappa shape index (κ3) is 4.67. The minimum Gasteiger partial charge on any atom is -0.481 e. The van der Waals surface area contributed by atoms with Crippen LogP contribution in [0.15, 0.2) is 0 Å². The molecule has 1 rings (SSSR count). The summed E-state index contributed by atoms with van der Waals surface area (Å²) in [6.45, 7) is 6.92. The van der Waals surface area contributed by atoms with Crippen molar-refractivity contribution >= 4 is 11.9 Å². The Bertz CT molecular complexity index is 406. The van der Waals surface area contributed by atoms with Crippen LogP contribution >= 0.6 is 0 Å². The second-order valence-corrected chi connectivity index (χ2v) is 3.39. The van der Waals surface area contributed by atoms with Gasteiger partial charge in [0.25, 0.3) is 5.97 Å². The highest BCUT2D eigenvalue weighted by Gasteiger charge is 2.16. The molecule has 17 heavy (non-hydrogen) atoms. The van der Waals surface area contributed by atoms with E-state index in [0.29, 0.717) is 12.3 Å². The van der Waals surface area contributed by atoms with Crippen LogP contribution in [0.25, 0.3) is 0 Å². The summed E-state index contributed by atoms with van der Waals surface area (Å²) in [5.74, 6) is -0.316. The van der Waals surface area contributed by atoms with Crippen molar-refractivity contribution in [3.8, 4) is 0 Å². The van der Waals surface area contributed by atoms with Crippen molar-refractivity contribution < 1.29 is 19.4 Å². The fraction of sp³-hybridized carbons (Fsp3) is 0.545. The number of aromatic nitrogens is 2. The van der Waals surface area contributed by atoms with E-state index in [0.717, 1.165) is 18.4 Å². The zero-order valence-corrected chi connectivity index (χ0v) is 10.8. The molecule has 0 aliphatic rings. The number of hydrogen-bond donors (Lipinski definition) is 1. The number of hydrogen-bond acceptors (Lipinski definition) is 4. The molecule has 96 valence electrons. The zero-order chi connectivity index (χ0) is 13.6. The monoisotopic (exact) mass is 242 g/mol. The highest BCUT2D eigenvalue weighted by molar-refractivity contribution is 5.88. The van der Waals surface area contributed by atoms with Crippen LogP contribution in [-0.2, 0) is 16.6 Å². The fourth-order valence-electron chi connectivity index (χ4n) is 1.26. The third-order valence-corrected chi connectivity index (χ3v) is 1.96. The third-order valence-electron chi connectivity index (χ3n) is 1.96. The van der Waals surface area contributed by atoms with E-state index in [9.17, 15) is 4.79 Å². The summed E-state index contributed by atoms with van der Waals surface area (Å²) in [6.07, 6.45) is 0. The molecule has 6 nitrogen and oxygen atoms in total. The number of carboxylic acid groups (broad SMARTS) is 1. The average Bonchev–Trinajstić information content (AvgIpc) is 2.40. The number of ether oxygens (including phenoxy) is 1. The SMILES string of the molecule is CC(=O)O.CCOC(=O)c1c(C)nc(C)n1C. The van der Waals surface area contributed by atoms with Gasteiger partial charge in [0.2, 0.25) is 0 Å². The van der Waals surface area contributed by atoms with Crippen molar-refractivity contribution in [2.45, 2.75) is 27.7 Å². The number of nitrogens with zero attached hydrogens (tertiary/aromatic N) is 2. The molecule has 0 aliphatic carbocycles. The van der Waals surface area contributed by atoms with Crippen LogP contribution in [0.1, 0.15) is 35.9 Å². The maximum absolute atomic E-state index is 11.4. The van der Waals surface area contributed by atoms with Gasteiger partial charge in [-0.2, -0.15) is 0 Å². The lowest BCUT2D eigenvalue weighted by molar-refractivity contribution is -0.134. The van der Waals surface area contributed by atoms with E-state index in [1.807, 2.05) is 14.0 Å². The van der Waals surface area contributed by atoms with Gasteiger partial charge in [0, 0.05) is 14.0 Å². The topological polar surface area (TPSA) is 81.4 Å². The van der Waals surface area contributed by atoms with Gasteiger partial charge >= 0.3 is 5.97 Å². The molecule has 6 heteroatoms. The van der Waals surface area contributed by atoms with Gasteiger partial charge in [-0.3, -0.25) is 4.79 Å². The van der Waals surface area contributed by atoms with E-state index >= 15 is 0 Å². The molecule has 0 radical (unpaired) electrons. The molecule has 0 fully saturated rings. The Balaban J connectivity index is 0.000000557. The largest absolute Gasteiger partial charge is 0.481 e. The van der Waals surface area contributed by atoms with Crippen LogP contribution < -0.4 is 0 Å². The standard InChI is InChI=1S/C9H14N2O2.C2H4O2/c1-5-13-9(12)8-6(2)10-7(3)11(8)4;1-2(3)4/h5H2,1-4H3;1H3,(H,3,4). The van der Waals surface area contributed by atoms with Gasteiger partial charge in [0.05, 0.1) is 12.3 Å². The van der Waals surface area contributed by atoms with Gasteiger partial charge in [-0.15, -0.1) is 0 Å². The normalized spacial score (nSPS) is 9.24.